The van der Waals surface area contributed by atoms with E-state index in [1.807, 2.05) is 0 Å². The van der Waals surface area contributed by atoms with Crippen molar-refractivity contribution < 1.29 is 0 Å². The molecule has 1 heterocycles. The summed E-state index contributed by atoms with van der Waals surface area (Å²) in [7, 11) is 6.37. The third kappa shape index (κ3) is 3.10. The van der Waals surface area contributed by atoms with Gasteiger partial charge in [-0.3, -0.25) is 0 Å². The molecular formula is C16H27N3. The molecule has 1 unspecified atom stereocenters. The van der Waals surface area contributed by atoms with E-state index in [4.69, 9.17) is 5.73 Å². The zero-order valence-corrected chi connectivity index (χ0v) is 12.5. The predicted molar refractivity (Wildman–Crippen MR) is 82.8 cm³/mol. The molecule has 0 radical (unpaired) electrons. The summed E-state index contributed by atoms with van der Waals surface area (Å²) in [5, 5.41) is 0. The van der Waals surface area contributed by atoms with Crippen molar-refractivity contribution in [3.8, 4) is 0 Å². The zero-order valence-electron chi connectivity index (χ0n) is 12.5. The van der Waals surface area contributed by atoms with Gasteiger partial charge >= 0.3 is 0 Å². The van der Waals surface area contributed by atoms with Crippen LogP contribution < -0.4 is 10.6 Å². The summed E-state index contributed by atoms with van der Waals surface area (Å²) in [5.41, 5.74) is 8.99. The molecule has 0 aliphatic carbocycles. The molecule has 106 valence electrons. The number of rotatable bonds is 3. The average Bonchev–Trinajstić information content (AvgIpc) is 2.61. The smallest absolute Gasteiger partial charge is 0.0361 e. The van der Waals surface area contributed by atoms with Crippen molar-refractivity contribution in [2.75, 3.05) is 45.7 Å². The van der Waals surface area contributed by atoms with E-state index in [9.17, 15) is 0 Å². The summed E-state index contributed by atoms with van der Waals surface area (Å²) in [6.07, 6.45) is 3.61. The molecular weight excluding hydrogens is 234 g/mol. The fraction of sp³-hybridized carbons (Fsp3) is 0.625. The molecule has 0 aromatic heterocycles. The molecule has 1 aromatic rings. The Bertz CT molecular complexity index is 399. The first-order valence-corrected chi connectivity index (χ1v) is 7.24. The standard InChI is InChI=1S/C16H27N3/c1-18(2)15-7-5-14(6-8-15)16(13-17)9-4-11-19(3)12-10-16/h5-8H,4,9-13,17H2,1-3H3. The van der Waals surface area contributed by atoms with Crippen LogP contribution in [0.5, 0.6) is 0 Å². The van der Waals surface area contributed by atoms with Gasteiger partial charge in [0, 0.05) is 31.7 Å². The van der Waals surface area contributed by atoms with Crippen LogP contribution in [0.1, 0.15) is 24.8 Å². The van der Waals surface area contributed by atoms with Crippen molar-refractivity contribution in [1.82, 2.24) is 4.90 Å². The van der Waals surface area contributed by atoms with Gasteiger partial charge in [0.25, 0.3) is 0 Å². The highest BCUT2D eigenvalue weighted by Crippen LogP contribution is 2.35. The summed E-state index contributed by atoms with van der Waals surface area (Å²) >= 11 is 0. The molecule has 3 nitrogen and oxygen atoms in total. The fourth-order valence-corrected chi connectivity index (χ4v) is 3.05. The Balaban J connectivity index is 2.24. The lowest BCUT2D eigenvalue weighted by Gasteiger charge is -2.32. The Labute approximate surface area is 117 Å². The van der Waals surface area contributed by atoms with Gasteiger partial charge in [-0.25, -0.2) is 0 Å². The molecule has 2 rings (SSSR count). The Hall–Kier alpha value is -1.06. The highest BCUT2D eigenvalue weighted by Gasteiger charge is 2.32. The molecule has 1 aliphatic heterocycles. The van der Waals surface area contributed by atoms with E-state index in [0.717, 1.165) is 13.1 Å². The lowest BCUT2D eigenvalue weighted by molar-refractivity contribution is 0.329. The topological polar surface area (TPSA) is 32.5 Å². The molecule has 1 aliphatic rings. The van der Waals surface area contributed by atoms with Crippen molar-refractivity contribution in [3.63, 3.8) is 0 Å². The minimum absolute atomic E-state index is 0.176. The summed E-state index contributed by atoms with van der Waals surface area (Å²) in [4.78, 5) is 4.56. The summed E-state index contributed by atoms with van der Waals surface area (Å²) in [5.74, 6) is 0. The van der Waals surface area contributed by atoms with Gasteiger partial charge in [-0.2, -0.15) is 0 Å². The van der Waals surface area contributed by atoms with Crippen LogP contribution >= 0.6 is 0 Å². The SMILES string of the molecule is CN1CCCC(CN)(c2ccc(N(C)C)cc2)CC1. The number of nitrogens with zero attached hydrogens (tertiary/aromatic N) is 2. The summed E-state index contributed by atoms with van der Waals surface area (Å²) in [6, 6.07) is 8.96. The molecule has 1 fully saturated rings. The van der Waals surface area contributed by atoms with E-state index >= 15 is 0 Å². The van der Waals surface area contributed by atoms with Gasteiger partial charge in [-0.15, -0.1) is 0 Å². The number of hydrogen-bond acceptors (Lipinski definition) is 3. The first kappa shape index (κ1) is 14.4. The van der Waals surface area contributed by atoms with Crippen LogP contribution in [0.2, 0.25) is 0 Å². The van der Waals surface area contributed by atoms with E-state index < -0.39 is 0 Å². The van der Waals surface area contributed by atoms with E-state index in [1.54, 1.807) is 0 Å². The molecule has 19 heavy (non-hydrogen) atoms. The highest BCUT2D eigenvalue weighted by molar-refractivity contribution is 5.47. The maximum Gasteiger partial charge on any atom is 0.0361 e. The number of nitrogens with two attached hydrogens (primary N) is 1. The first-order chi connectivity index (χ1) is 9.07. The van der Waals surface area contributed by atoms with Gasteiger partial charge in [0.1, 0.15) is 0 Å². The minimum Gasteiger partial charge on any atom is -0.378 e. The molecule has 1 saturated heterocycles. The quantitative estimate of drug-likeness (QED) is 0.904. The maximum atomic E-state index is 6.15. The van der Waals surface area contributed by atoms with E-state index in [2.05, 4.69) is 55.2 Å². The van der Waals surface area contributed by atoms with Crippen LogP contribution in [0.25, 0.3) is 0 Å². The monoisotopic (exact) mass is 261 g/mol. The number of anilines is 1. The maximum absolute atomic E-state index is 6.15. The Kier molecular flexibility index (Phi) is 4.48. The largest absolute Gasteiger partial charge is 0.378 e. The highest BCUT2D eigenvalue weighted by atomic mass is 15.1. The van der Waals surface area contributed by atoms with Gasteiger partial charge in [0.2, 0.25) is 0 Å². The number of likely N-dealkylation sites (tertiary alicyclic amines) is 1. The molecule has 0 bridgehead atoms. The predicted octanol–water partition coefficient (Wildman–Crippen LogP) is 2.06. The Morgan fingerprint density at radius 2 is 1.84 bits per heavy atom. The molecule has 1 aromatic carbocycles. The molecule has 3 heteroatoms. The van der Waals surface area contributed by atoms with Crippen molar-refractivity contribution in [2.45, 2.75) is 24.7 Å². The van der Waals surface area contributed by atoms with Gasteiger partial charge in [0.15, 0.2) is 0 Å². The summed E-state index contributed by atoms with van der Waals surface area (Å²) in [6.45, 7) is 3.09. The number of hydrogen-bond donors (Lipinski definition) is 1. The number of benzene rings is 1. The van der Waals surface area contributed by atoms with Crippen molar-refractivity contribution >= 4 is 5.69 Å². The molecule has 1 atom stereocenters. The van der Waals surface area contributed by atoms with Gasteiger partial charge < -0.3 is 15.5 Å². The third-order valence-electron chi connectivity index (χ3n) is 4.55. The third-order valence-corrected chi connectivity index (χ3v) is 4.55. The van der Waals surface area contributed by atoms with E-state index in [0.29, 0.717) is 0 Å². The van der Waals surface area contributed by atoms with Gasteiger partial charge in [-0.1, -0.05) is 12.1 Å². The second-order valence-electron chi connectivity index (χ2n) is 6.08. The van der Waals surface area contributed by atoms with Crippen LogP contribution in [0.3, 0.4) is 0 Å². The van der Waals surface area contributed by atoms with Crippen LogP contribution in [-0.4, -0.2) is 45.7 Å². The lowest BCUT2D eigenvalue weighted by Crippen LogP contribution is -2.36. The van der Waals surface area contributed by atoms with Crippen LogP contribution in [0, 0.1) is 0 Å². The lowest BCUT2D eigenvalue weighted by atomic mass is 9.74. The molecule has 2 N–H and O–H groups in total. The van der Waals surface area contributed by atoms with Crippen LogP contribution in [0.15, 0.2) is 24.3 Å². The second kappa shape index (κ2) is 5.93. The minimum atomic E-state index is 0.176. The van der Waals surface area contributed by atoms with Crippen LogP contribution in [0.4, 0.5) is 5.69 Å². The van der Waals surface area contributed by atoms with Crippen molar-refractivity contribution in [1.29, 1.82) is 0 Å². The molecule has 0 spiro atoms. The zero-order chi connectivity index (χ0) is 13.9. The summed E-state index contributed by atoms with van der Waals surface area (Å²) < 4.78 is 0. The van der Waals surface area contributed by atoms with Crippen molar-refractivity contribution in [3.05, 3.63) is 29.8 Å². The van der Waals surface area contributed by atoms with Gasteiger partial charge in [0.05, 0.1) is 0 Å². The van der Waals surface area contributed by atoms with Crippen LogP contribution in [-0.2, 0) is 5.41 Å². The van der Waals surface area contributed by atoms with Crippen molar-refractivity contribution in [2.24, 2.45) is 5.73 Å². The first-order valence-electron chi connectivity index (χ1n) is 7.24. The van der Waals surface area contributed by atoms with E-state index in [-0.39, 0.29) is 5.41 Å². The Morgan fingerprint density at radius 3 is 2.42 bits per heavy atom. The molecule has 0 saturated carbocycles. The molecule has 0 amide bonds. The van der Waals surface area contributed by atoms with Gasteiger partial charge in [-0.05, 0) is 57.1 Å². The normalized spacial score (nSPS) is 25.1. The van der Waals surface area contributed by atoms with E-state index in [1.165, 1.54) is 37.1 Å². The fourth-order valence-electron chi connectivity index (χ4n) is 3.05. The average molecular weight is 261 g/mol. The Morgan fingerprint density at radius 1 is 1.16 bits per heavy atom. The second-order valence-corrected chi connectivity index (χ2v) is 6.08.